The number of esters is 2. The fourth-order valence-corrected chi connectivity index (χ4v) is 0.896. The second-order valence-electron chi connectivity index (χ2n) is 2.60. The van der Waals surface area contributed by atoms with Crippen molar-refractivity contribution in [3.05, 3.63) is 10.1 Å². The molecule has 0 spiro atoms. The van der Waals surface area contributed by atoms with Crippen molar-refractivity contribution in [1.82, 2.24) is 5.34 Å². The Morgan fingerprint density at radius 1 is 1.24 bits per heavy atom. The molecule has 0 N–H and O–H groups in total. The van der Waals surface area contributed by atoms with Gasteiger partial charge in [0.1, 0.15) is 5.34 Å². The lowest BCUT2D eigenvalue weighted by Crippen LogP contribution is -2.61. The van der Waals surface area contributed by atoms with E-state index in [2.05, 4.69) is 9.47 Å². The lowest BCUT2D eigenvalue weighted by Gasteiger charge is -2.20. The lowest BCUT2D eigenvalue weighted by atomic mass is 10.2. The molecule has 0 aliphatic heterocycles. The van der Waals surface area contributed by atoms with Gasteiger partial charge in [-0.3, -0.25) is 10.1 Å². The van der Waals surface area contributed by atoms with Crippen molar-refractivity contribution in [1.29, 1.82) is 0 Å². The Morgan fingerprint density at radius 3 is 1.76 bits per heavy atom. The second kappa shape index (κ2) is 6.03. The zero-order valence-corrected chi connectivity index (χ0v) is 9.01. The number of nitrogens with zero attached hydrogens (tertiary/aromatic N) is 2. The number of carbonyl (C=O) groups is 2. The number of ether oxygens (including phenoxy) is 2. The van der Waals surface area contributed by atoms with Crippen molar-refractivity contribution in [2.75, 3.05) is 13.2 Å². The molecule has 0 heterocycles. The number of halogens is 2. The molecule has 0 bridgehead atoms. The summed E-state index contributed by atoms with van der Waals surface area (Å²) in [4.78, 5) is 31.2. The molecular weight excluding hydrogens is 246 g/mol. The molecule has 8 nitrogen and oxygen atoms in total. The third-order valence-electron chi connectivity index (χ3n) is 1.63. The molecule has 98 valence electrons. The second-order valence-corrected chi connectivity index (χ2v) is 2.60. The van der Waals surface area contributed by atoms with Crippen molar-refractivity contribution in [3.8, 4) is 0 Å². The summed E-state index contributed by atoms with van der Waals surface area (Å²) >= 11 is 0. The third-order valence-corrected chi connectivity index (χ3v) is 1.63. The van der Waals surface area contributed by atoms with Crippen LogP contribution >= 0.6 is 0 Å². The maximum atomic E-state index is 12.5. The van der Waals surface area contributed by atoms with Gasteiger partial charge in [-0.15, -0.1) is 0 Å². The SMILES string of the molecule is CCOC(=O)C(C(=O)OCC)(N(F)F)[N+](=O)[O-]. The maximum absolute atomic E-state index is 12.5. The van der Waals surface area contributed by atoms with E-state index in [1.807, 2.05) is 0 Å². The van der Waals surface area contributed by atoms with Crippen molar-refractivity contribution < 1.29 is 32.9 Å². The number of rotatable bonds is 6. The minimum Gasteiger partial charge on any atom is -0.459 e. The molecule has 0 aromatic rings. The van der Waals surface area contributed by atoms with Crippen molar-refractivity contribution in [2.45, 2.75) is 19.5 Å². The van der Waals surface area contributed by atoms with Crippen LogP contribution in [0.2, 0.25) is 0 Å². The first-order valence-corrected chi connectivity index (χ1v) is 4.46. The molecule has 0 aromatic carbocycles. The first-order chi connectivity index (χ1) is 7.85. The number of hydrogen-bond donors (Lipinski definition) is 0. The highest BCUT2D eigenvalue weighted by atomic mass is 19.4. The highest BCUT2D eigenvalue weighted by molar-refractivity contribution is 6.02. The van der Waals surface area contributed by atoms with Gasteiger partial charge in [0.2, 0.25) is 0 Å². The van der Waals surface area contributed by atoms with E-state index in [0.717, 1.165) is 0 Å². The number of hydrogen-bond acceptors (Lipinski definition) is 7. The highest BCUT2D eigenvalue weighted by Crippen LogP contribution is 2.22. The Labute approximate surface area is 94.1 Å². The first-order valence-electron chi connectivity index (χ1n) is 4.46. The third kappa shape index (κ3) is 2.64. The molecule has 0 aliphatic rings. The van der Waals surface area contributed by atoms with Gasteiger partial charge in [-0.2, -0.15) is 0 Å². The van der Waals surface area contributed by atoms with E-state index in [-0.39, 0.29) is 0 Å². The van der Waals surface area contributed by atoms with E-state index in [9.17, 15) is 28.7 Å². The predicted octanol–water partition coefficient (Wildman–Crippen LogP) is 0.157. The van der Waals surface area contributed by atoms with Gasteiger partial charge in [0.15, 0.2) is 0 Å². The van der Waals surface area contributed by atoms with E-state index >= 15 is 0 Å². The molecular formula is C7H10F2N2O6. The van der Waals surface area contributed by atoms with Gasteiger partial charge in [0.25, 0.3) is 0 Å². The van der Waals surface area contributed by atoms with Crippen LogP contribution in [0.25, 0.3) is 0 Å². The van der Waals surface area contributed by atoms with Crippen LogP contribution in [0.4, 0.5) is 8.96 Å². The molecule has 0 aromatic heterocycles. The van der Waals surface area contributed by atoms with Gasteiger partial charge in [-0.1, -0.05) is 8.96 Å². The lowest BCUT2D eigenvalue weighted by molar-refractivity contribution is -0.603. The van der Waals surface area contributed by atoms with Crippen LogP contribution in [0.5, 0.6) is 0 Å². The maximum Gasteiger partial charge on any atom is 0.519 e. The van der Waals surface area contributed by atoms with E-state index in [1.54, 1.807) is 0 Å². The fraction of sp³-hybridized carbons (Fsp3) is 0.714. The van der Waals surface area contributed by atoms with Gasteiger partial charge in [-0.05, 0) is 13.8 Å². The molecule has 10 heteroatoms. The Kier molecular flexibility index (Phi) is 5.38. The summed E-state index contributed by atoms with van der Waals surface area (Å²) < 4.78 is 33.3. The van der Waals surface area contributed by atoms with E-state index in [0.29, 0.717) is 0 Å². The summed E-state index contributed by atoms with van der Waals surface area (Å²) in [5, 5.41) is 8.44. The minimum atomic E-state index is -3.98. The van der Waals surface area contributed by atoms with Crippen LogP contribution in [-0.4, -0.2) is 41.1 Å². The zero-order valence-electron chi connectivity index (χ0n) is 9.01. The molecule has 0 unspecified atom stereocenters. The van der Waals surface area contributed by atoms with Crippen molar-refractivity contribution in [2.24, 2.45) is 0 Å². The number of carbonyl (C=O) groups excluding carboxylic acids is 2. The van der Waals surface area contributed by atoms with E-state index in [4.69, 9.17) is 0 Å². The Hall–Kier alpha value is -1.84. The first kappa shape index (κ1) is 15.2. The van der Waals surface area contributed by atoms with E-state index in [1.165, 1.54) is 13.8 Å². The molecule has 0 aliphatic carbocycles. The number of nitro groups is 1. The Bertz CT molecular complexity index is 303. The smallest absolute Gasteiger partial charge is 0.459 e. The Morgan fingerprint density at radius 2 is 1.59 bits per heavy atom. The Balaban J connectivity index is 5.51. The average molecular weight is 256 g/mol. The van der Waals surface area contributed by atoms with Gasteiger partial charge in [0.05, 0.1) is 18.1 Å². The quantitative estimate of drug-likeness (QED) is 0.166. The molecule has 0 atom stereocenters. The van der Waals surface area contributed by atoms with Crippen LogP contribution in [-0.2, 0) is 19.1 Å². The van der Waals surface area contributed by atoms with Crippen LogP contribution < -0.4 is 0 Å². The molecule has 0 saturated heterocycles. The monoisotopic (exact) mass is 256 g/mol. The summed E-state index contributed by atoms with van der Waals surface area (Å²) in [6, 6.07) is 0. The molecule has 0 fully saturated rings. The van der Waals surface area contributed by atoms with Crippen LogP contribution in [0.1, 0.15) is 13.8 Å². The van der Waals surface area contributed by atoms with Crippen molar-refractivity contribution in [3.63, 3.8) is 0 Å². The molecule has 0 amide bonds. The molecule has 17 heavy (non-hydrogen) atoms. The summed E-state index contributed by atoms with van der Waals surface area (Å²) in [5.41, 5.74) is -3.98. The van der Waals surface area contributed by atoms with Gasteiger partial charge >= 0.3 is 17.6 Å². The van der Waals surface area contributed by atoms with Gasteiger partial charge in [0, 0.05) is 0 Å². The summed E-state index contributed by atoms with van der Waals surface area (Å²) in [6.07, 6.45) is 0. The van der Waals surface area contributed by atoms with Gasteiger partial charge in [-0.25, -0.2) is 9.59 Å². The summed E-state index contributed by atoms with van der Waals surface area (Å²) in [7, 11) is 0. The van der Waals surface area contributed by atoms with Gasteiger partial charge < -0.3 is 9.47 Å². The topological polar surface area (TPSA) is 99.0 Å². The minimum absolute atomic E-state index is 0.401. The molecule has 0 radical (unpaired) electrons. The van der Waals surface area contributed by atoms with Crippen LogP contribution in [0.15, 0.2) is 0 Å². The fourth-order valence-electron chi connectivity index (χ4n) is 0.896. The predicted molar refractivity (Wildman–Crippen MR) is 47.0 cm³/mol. The summed E-state index contributed by atoms with van der Waals surface area (Å²) in [6.45, 7) is 1.69. The summed E-state index contributed by atoms with van der Waals surface area (Å²) in [5.74, 6) is -4.01. The largest absolute Gasteiger partial charge is 0.519 e. The van der Waals surface area contributed by atoms with Crippen LogP contribution in [0.3, 0.4) is 0 Å². The molecule has 0 rings (SSSR count). The molecule has 0 saturated carbocycles. The highest BCUT2D eigenvalue weighted by Gasteiger charge is 2.70. The van der Waals surface area contributed by atoms with Crippen LogP contribution in [0, 0.1) is 10.1 Å². The van der Waals surface area contributed by atoms with Crippen molar-refractivity contribution >= 4 is 11.9 Å². The normalized spacial score (nSPS) is 11.1. The zero-order chi connectivity index (χ0) is 13.6. The standard InChI is InChI=1S/C7H10F2N2O6/c1-3-16-5(12)7(10(8)9,11(14)15)6(13)17-4-2/h3-4H2,1-2H3. The van der Waals surface area contributed by atoms with E-state index < -0.39 is 41.1 Å². The average Bonchev–Trinajstić information content (AvgIpc) is 2.17.